The number of likely N-dealkylation sites (tertiary alicyclic amines) is 1. The molecule has 0 unspecified atom stereocenters. The van der Waals surface area contributed by atoms with E-state index in [0.29, 0.717) is 18.5 Å². The lowest BCUT2D eigenvalue weighted by Crippen LogP contribution is -2.36. The Hall–Kier alpha value is -3.55. The molecule has 0 bridgehead atoms. The van der Waals surface area contributed by atoms with Gasteiger partial charge in [0.15, 0.2) is 11.5 Å². The van der Waals surface area contributed by atoms with E-state index in [0.717, 1.165) is 5.56 Å². The fourth-order valence-corrected chi connectivity index (χ4v) is 3.25. The minimum absolute atomic E-state index is 0.0500. The average Bonchev–Trinajstić information content (AvgIpc) is 3.09. The Bertz CT molecular complexity index is 889. The molecule has 29 heavy (non-hydrogen) atoms. The van der Waals surface area contributed by atoms with Crippen molar-refractivity contribution < 1.29 is 24.2 Å². The second-order valence-corrected chi connectivity index (χ2v) is 6.65. The molecule has 3 rings (SSSR count). The summed E-state index contributed by atoms with van der Waals surface area (Å²) in [4.78, 5) is 25.9. The maximum atomic E-state index is 12.2. The van der Waals surface area contributed by atoms with Crippen molar-refractivity contribution in [2.45, 2.75) is 12.3 Å². The van der Waals surface area contributed by atoms with E-state index >= 15 is 0 Å². The van der Waals surface area contributed by atoms with Crippen LogP contribution in [0.3, 0.4) is 0 Å². The molecule has 1 saturated heterocycles. The van der Waals surface area contributed by atoms with Gasteiger partial charge in [-0.05, 0) is 17.7 Å². The second kappa shape index (κ2) is 9.09. The van der Waals surface area contributed by atoms with E-state index in [1.54, 1.807) is 12.1 Å². The molecule has 0 spiro atoms. The van der Waals surface area contributed by atoms with Crippen molar-refractivity contribution in [3.05, 3.63) is 53.6 Å². The minimum Gasteiger partial charge on any atom is -0.502 e. The van der Waals surface area contributed by atoms with Gasteiger partial charge in [0.1, 0.15) is 6.54 Å². The van der Waals surface area contributed by atoms with Crippen LogP contribution in [0.5, 0.6) is 17.2 Å². The van der Waals surface area contributed by atoms with E-state index < -0.39 is 0 Å². The zero-order valence-corrected chi connectivity index (χ0v) is 16.3. The lowest BCUT2D eigenvalue weighted by Gasteiger charge is -2.15. The molecule has 2 aromatic carbocycles. The quantitative estimate of drug-likeness (QED) is 0.549. The monoisotopic (exact) mass is 397 g/mol. The van der Waals surface area contributed by atoms with E-state index in [4.69, 9.17) is 9.47 Å². The van der Waals surface area contributed by atoms with Crippen LogP contribution in [0.4, 0.5) is 0 Å². The summed E-state index contributed by atoms with van der Waals surface area (Å²) in [6.45, 7) is 0.452. The maximum Gasteiger partial charge on any atom is 0.259 e. The second-order valence-electron chi connectivity index (χ2n) is 6.65. The van der Waals surface area contributed by atoms with Crippen LogP contribution in [0.2, 0.25) is 0 Å². The van der Waals surface area contributed by atoms with Crippen molar-refractivity contribution in [3.63, 3.8) is 0 Å². The van der Waals surface area contributed by atoms with Gasteiger partial charge >= 0.3 is 0 Å². The van der Waals surface area contributed by atoms with Crippen LogP contribution < -0.4 is 14.9 Å². The number of aromatic hydroxyl groups is 1. The Morgan fingerprint density at radius 2 is 1.90 bits per heavy atom. The molecule has 1 fully saturated rings. The molecule has 0 aliphatic carbocycles. The summed E-state index contributed by atoms with van der Waals surface area (Å²) < 4.78 is 10.2. The first kappa shape index (κ1) is 20.2. The number of carbonyl (C=O) groups excluding carboxylic acids is 2. The molecule has 1 atom stereocenters. The zero-order chi connectivity index (χ0) is 20.8. The Morgan fingerprint density at radius 3 is 2.52 bits per heavy atom. The summed E-state index contributed by atoms with van der Waals surface area (Å²) in [6.07, 6.45) is 1.80. The topological polar surface area (TPSA) is 100 Å². The highest BCUT2D eigenvalue weighted by Crippen LogP contribution is 2.36. The third-order valence-corrected chi connectivity index (χ3v) is 4.72. The smallest absolute Gasteiger partial charge is 0.259 e. The summed E-state index contributed by atoms with van der Waals surface area (Å²) in [7, 11) is 2.85. The lowest BCUT2D eigenvalue weighted by atomic mass is 9.99. The molecule has 2 N–H and O–H groups in total. The van der Waals surface area contributed by atoms with Gasteiger partial charge in [0, 0.05) is 24.4 Å². The normalized spacial score (nSPS) is 16.3. The summed E-state index contributed by atoms with van der Waals surface area (Å²) in [5.41, 5.74) is 4.08. The number of amides is 2. The Morgan fingerprint density at radius 1 is 1.24 bits per heavy atom. The predicted molar refractivity (Wildman–Crippen MR) is 107 cm³/mol. The van der Waals surface area contributed by atoms with E-state index in [9.17, 15) is 14.7 Å². The molecule has 0 saturated carbocycles. The molecule has 1 aliphatic rings. The van der Waals surface area contributed by atoms with Crippen molar-refractivity contribution in [1.29, 1.82) is 0 Å². The van der Waals surface area contributed by atoms with Gasteiger partial charge in [-0.3, -0.25) is 9.59 Å². The summed E-state index contributed by atoms with van der Waals surface area (Å²) in [5, 5.41) is 13.8. The number of methoxy groups -OCH3 is 2. The van der Waals surface area contributed by atoms with Gasteiger partial charge < -0.3 is 19.5 Å². The molecule has 1 heterocycles. The van der Waals surface area contributed by atoms with Crippen LogP contribution >= 0.6 is 0 Å². The van der Waals surface area contributed by atoms with Crippen LogP contribution in [0.15, 0.2) is 47.6 Å². The Kier molecular flexibility index (Phi) is 6.33. The van der Waals surface area contributed by atoms with Gasteiger partial charge in [-0.2, -0.15) is 5.10 Å². The highest BCUT2D eigenvalue weighted by Gasteiger charge is 2.31. The van der Waals surface area contributed by atoms with Crippen LogP contribution in [-0.2, 0) is 9.59 Å². The number of hydrazone groups is 1. The van der Waals surface area contributed by atoms with Gasteiger partial charge in [0.05, 0.1) is 20.4 Å². The number of ether oxygens (including phenoxy) is 2. The van der Waals surface area contributed by atoms with Crippen molar-refractivity contribution in [2.24, 2.45) is 5.10 Å². The molecule has 0 radical (unpaired) electrons. The molecule has 2 amide bonds. The number of hydrogen-bond donors (Lipinski definition) is 2. The van der Waals surface area contributed by atoms with Crippen molar-refractivity contribution in [3.8, 4) is 17.2 Å². The van der Waals surface area contributed by atoms with E-state index in [1.807, 2.05) is 30.3 Å². The lowest BCUT2D eigenvalue weighted by molar-refractivity contribution is -0.133. The number of benzene rings is 2. The molecule has 1 aliphatic heterocycles. The van der Waals surface area contributed by atoms with Gasteiger partial charge in [-0.1, -0.05) is 30.3 Å². The van der Waals surface area contributed by atoms with Crippen molar-refractivity contribution >= 4 is 18.0 Å². The molecule has 0 aromatic heterocycles. The molecule has 152 valence electrons. The number of nitrogens with one attached hydrogen (secondary N) is 1. The minimum atomic E-state index is -0.388. The standard InChI is InChI=1S/C21H23N3O5/c1-28-17-8-14(9-18(29-2)21(17)27)11-22-23-19(25)13-24-12-16(10-20(24)26)15-6-4-3-5-7-15/h3-9,11,16,27H,10,12-13H2,1-2H3,(H,23,25)/b22-11-/t16-/m1/s1. The molecular formula is C21H23N3O5. The number of phenolic OH excluding ortho intramolecular Hbond substituents is 1. The third kappa shape index (κ3) is 4.84. The third-order valence-electron chi connectivity index (χ3n) is 4.72. The molecule has 8 nitrogen and oxygen atoms in total. The first-order valence-corrected chi connectivity index (χ1v) is 9.11. The van der Waals surface area contributed by atoms with Crippen LogP contribution in [0.1, 0.15) is 23.5 Å². The number of carbonyl (C=O) groups is 2. The predicted octanol–water partition coefficient (Wildman–Crippen LogP) is 1.88. The van der Waals surface area contributed by atoms with E-state index in [-0.39, 0.29) is 41.5 Å². The van der Waals surface area contributed by atoms with Crippen LogP contribution in [-0.4, -0.2) is 55.3 Å². The highest BCUT2D eigenvalue weighted by atomic mass is 16.5. The first-order chi connectivity index (χ1) is 14.0. The fourth-order valence-electron chi connectivity index (χ4n) is 3.25. The van der Waals surface area contributed by atoms with Crippen LogP contribution in [0.25, 0.3) is 0 Å². The number of rotatable bonds is 7. The zero-order valence-electron chi connectivity index (χ0n) is 16.3. The Balaban J connectivity index is 1.57. The fraction of sp³-hybridized carbons (Fsp3) is 0.286. The molecular weight excluding hydrogens is 374 g/mol. The van der Waals surface area contributed by atoms with Crippen molar-refractivity contribution in [2.75, 3.05) is 27.3 Å². The van der Waals surface area contributed by atoms with Crippen molar-refractivity contribution in [1.82, 2.24) is 10.3 Å². The number of hydrogen-bond acceptors (Lipinski definition) is 6. The molecule has 8 heteroatoms. The maximum absolute atomic E-state index is 12.2. The van der Waals surface area contributed by atoms with Gasteiger partial charge in [0.25, 0.3) is 5.91 Å². The summed E-state index contributed by atoms with van der Waals surface area (Å²) in [6, 6.07) is 12.9. The number of nitrogens with zero attached hydrogens (tertiary/aromatic N) is 2. The molecule has 2 aromatic rings. The highest BCUT2D eigenvalue weighted by molar-refractivity contribution is 5.88. The Labute approximate surface area is 168 Å². The number of phenols is 1. The van der Waals surface area contributed by atoms with Crippen LogP contribution in [0, 0.1) is 0 Å². The summed E-state index contributed by atoms with van der Waals surface area (Å²) in [5.74, 6) is -0.000809. The van der Waals surface area contributed by atoms with E-state index in [1.165, 1.54) is 25.3 Å². The summed E-state index contributed by atoms with van der Waals surface area (Å²) >= 11 is 0. The average molecular weight is 397 g/mol. The van der Waals surface area contributed by atoms with Gasteiger partial charge in [-0.15, -0.1) is 0 Å². The first-order valence-electron chi connectivity index (χ1n) is 9.11. The van der Waals surface area contributed by atoms with Gasteiger partial charge in [0.2, 0.25) is 11.7 Å². The van der Waals surface area contributed by atoms with Gasteiger partial charge in [-0.25, -0.2) is 5.43 Å². The van der Waals surface area contributed by atoms with E-state index in [2.05, 4.69) is 10.5 Å². The largest absolute Gasteiger partial charge is 0.502 e. The SMILES string of the molecule is COc1cc(/C=N\NC(=O)CN2C[C@H](c3ccccc3)CC2=O)cc(OC)c1O.